The maximum atomic E-state index is 14.4. The quantitative estimate of drug-likeness (QED) is 0.710. The molecule has 0 aliphatic carbocycles. The van der Waals surface area contributed by atoms with Crippen LogP contribution in [0, 0.1) is 11.7 Å². The predicted octanol–water partition coefficient (Wildman–Crippen LogP) is 4.50. The van der Waals surface area contributed by atoms with E-state index in [1.54, 1.807) is 12.1 Å². The molecule has 1 aliphatic rings. The molecule has 3 aromatic rings. The summed E-state index contributed by atoms with van der Waals surface area (Å²) in [5.41, 5.74) is 1.79. The van der Waals surface area contributed by atoms with Crippen molar-refractivity contribution in [1.29, 1.82) is 0 Å². The summed E-state index contributed by atoms with van der Waals surface area (Å²) >= 11 is 0. The monoisotopic (exact) mass is 393 g/mol. The Morgan fingerprint density at radius 2 is 1.97 bits per heavy atom. The average molecular weight is 393 g/mol. The molecule has 3 aromatic carbocycles. The first-order valence-electron chi connectivity index (χ1n) is 9.87. The second-order valence-electron chi connectivity index (χ2n) is 7.54. The van der Waals surface area contributed by atoms with Crippen LogP contribution < -0.4 is 4.74 Å². The van der Waals surface area contributed by atoms with E-state index in [2.05, 4.69) is 0 Å². The molecule has 1 aliphatic heterocycles. The van der Waals surface area contributed by atoms with Crippen molar-refractivity contribution in [2.75, 3.05) is 26.8 Å². The van der Waals surface area contributed by atoms with E-state index in [0.29, 0.717) is 23.4 Å². The van der Waals surface area contributed by atoms with Crippen LogP contribution in [0.1, 0.15) is 23.2 Å². The third-order valence-corrected chi connectivity index (χ3v) is 5.64. The summed E-state index contributed by atoms with van der Waals surface area (Å²) in [7, 11) is 1.53. The molecule has 1 N–H and O–H groups in total. The molecule has 1 amide bonds. The van der Waals surface area contributed by atoms with Gasteiger partial charge in [0.15, 0.2) is 0 Å². The smallest absolute Gasteiger partial charge is 0.253 e. The van der Waals surface area contributed by atoms with Crippen LogP contribution in [-0.4, -0.2) is 42.7 Å². The highest BCUT2D eigenvalue weighted by molar-refractivity contribution is 5.99. The first-order chi connectivity index (χ1) is 14.1. The van der Waals surface area contributed by atoms with Crippen molar-refractivity contribution in [3.63, 3.8) is 0 Å². The van der Waals surface area contributed by atoms with Gasteiger partial charge in [-0.15, -0.1) is 0 Å². The summed E-state index contributed by atoms with van der Waals surface area (Å²) in [5, 5.41) is 11.3. The summed E-state index contributed by atoms with van der Waals surface area (Å²) in [5.74, 6) is 0.301. The molecule has 0 radical (unpaired) electrons. The summed E-state index contributed by atoms with van der Waals surface area (Å²) in [6, 6.07) is 16.0. The highest BCUT2D eigenvalue weighted by Crippen LogP contribution is 2.34. The molecule has 1 atom stereocenters. The highest BCUT2D eigenvalue weighted by Gasteiger charge is 2.24. The SMILES string of the molecule is COc1cccc(F)c1-c1ccc2cc(C(=O)N3CCCC(CO)C3)ccc2c1. The number of halogens is 1. The number of aliphatic hydroxyl groups excluding tert-OH is 1. The molecule has 0 aromatic heterocycles. The van der Waals surface area contributed by atoms with Crippen molar-refractivity contribution in [2.45, 2.75) is 12.8 Å². The van der Waals surface area contributed by atoms with Gasteiger partial charge in [-0.2, -0.15) is 0 Å². The van der Waals surface area contributed by atoms with Crippen LogP contribution in [0.2, 0.25) is 0 Å². The number of aliphatic hydroxyl groups is 1. The number of hydrogen-bond donors (Lipinski definition) is 1. The zero-order chi connectivity index (χ0) is 20.4. The van der Waals surface area contributed by atoms with Crippen LogP contribution in [0.4, 0.5) is 4.39 Å². The van der Waals surface area contributed by atoms with Crippen LogP contribution in [0.25, 0.3) is 21.9 Å². The first kappa shape index (κ1) is 19.4. The number of likely N-dealkylation sites (tertiary alicyclic amines) is 1. The maximum Gasteiger partial charge on any atom is 0.253 e. The maximum absolute atomic E-state index is 14.4. The summed E-state index contributed by atoms with van der Waals surface area (Å²) in [6.07, 6.45) is 1.87. The number of rotatable bonds is 4. The van der Waals surface area contributed by atoms with Crippen molar-refractivity contribution in [3.8, 4) is 16.9 Å². The topological polar surface area (TPSA) is 49.8 Å². The fourth-order valence-electron chi connectivity index (χ4n) is 4.07. The minimum Gasteiger partial charge on any atom is -0.496 e. The molecule has 1 fully saturated rings. The lowest BCUT2D eigenvalue weighted by Crippen LogP contribution is -2.40. The number of benzene rings is 3. The number of ether oxygens (including phenoxy) is 1. The second-order valence-corrected chi connectivity index (χ2v) is 7.54. The summed E-state index contributed by atoms with van der Waals surface area (Å²) in [4.78, 5) is 14.7. The third kappa shape index (κ3) is 3.83. The standard InChI is InChI=1S/C24H24FNO3/c1-29-22-6-2-5-21(25)23(22)19-9-7-18-13-20(10-8-17(18)12-19)24(28)26-11-3-4-16(14-26)15-27/h2,5-10,12-13,16,27H,3-4,11,14-15H2,1H3. The Labute approximate surface area is 169 Å². The van der Waals surface area contributed by atoms with Crippen molar-refractivity contribution in [2.24, 2.45) is 5.92 Å². The fourth-order valence-corrected chi connectivity index (χ4v) is 4.07. The fraction of sp³-hybridized carbons (Fsp3) is 0.292. The molecular formula is C24H24FNO3. The molecule has 1 saturated heterocycles. The van der Waals surface area contributed by atoms with E-state index in [1.807, 2.05) is 41.3 Å². The van der Waals surface area contributed by atoms with Crippen molar-refractivity contribution >= 4 is 16.7 Å². The van der Waals surface area contributed by atoms with Gasteiger partial charge >= 0.3 is 0 Å². The molecule has 5 heteroatoms. The zero-order valence-corrected chi connectivity index (χ0v) is 16.4. The molecule has 0 saturated carbocycles. The van der Waals surface area contributed by atoms with Crippen LogP contribution >= 0.6 is 0 Å². The normalized spacial score (nSPS) is 16.8. The van der Waals surface area contributed by atoms with Gasteiger partial charge in [0.1, 0.15) is 11.6 Å². The summed E-state index contributed by atoms with van der Waals surface area (Å²) < 4.78 is 19.7. The number of piperidine rings is 1. The van der Waals surface area contributed by atoms with Gasteiger partial charge in [0, 0.05) is 25.3 Å². The van der Waals surface area contributed by atoms with Gasteiger partial charge in [0.2, 0.25) is 0 Å². The van der Waals surface area contributed by atoms with Crippen molar-refractivity contribution in [3.05, 3.63) is 66.0 Å². The van der Waals surface area contributed by atoms with E-state index < -0.39 is 0 Å². The first-order valence-corrected chi connectivity index (χ1v) is 9.87. The zero-order valence-electron chi connectivity index (χ0n) is 16.4. The van der Waals surface area contributed by atoms with Gasteiger partial charge in [0.05, 0.1) is 12.7 Å². The van der Waals surface area contributed by atoms with Crippen molar-refractivity contribution < 1.29 is 19.0 Å². The Morgan fingerprint density at radius 1 is 1.17 bits per heavy atom. The van der Waals surface area contributed by atoms with Gasteiger partial charge < -0.3 is 14.7 Å². The van der Waals surface area contributed by atoms with Gasteiger partial charge in [-0.25, -0.2) is 4.39 Å². The molecule has 1 heterocycles. The second kappa shape index (κ2) is 8.21. The number of hydrogen-bond acceptors (Lipinski definition) is 3. The number of nitrogens with zero attached hydrogens (tertiary/aromatic N) is 1. The van der Waals surface area contributed by atoms with E-state index in [9.17, 15) is 14.3 Å². The molecule has 29 heavy (non-hydrogen) atoms. The lowest BCUT2D eigenvalue weighted by atomic mass is 9.97. The number of amides is 1. The number of methoxy groups -OCH3 is 1. The third-order valence-electron chi connectivity index (χ3n) is 5.64. The van der Waals surface area contributed by atoms with E-state index in [1.165, 1.54) is 13.2 Å². The lowest BCUT2D eigenvalue weighted by Gasteiger charge is -2.32. The highest BCUT2D eigenvalue weighted by atomic mass is 19.1. The molecule has 4 rings (SSSR count). The molecular weight excluding hydrogens is 369 g/mol. The summed E-state index contributed by atoms with van der Waals surface area (Å²) in [6.45, 7) is 1.43. The number of fused-ring (bicyclic) bond motifs is 1. The molecule has 1 unspecified atom stereocenters. The lowest BCUT2D eigenvalue weighted by molar-refractivity contribution is 0.0621. The predicted molar refractivity (Wildman–Crippen MR) is 112 cm³/mol. The van der Waals surface area contributed by atoms with Gasteiger partial charge in [-0.05, 0) is 65.4 Å². The van der Waals surface area contributed by atoms with E-state index in [4.69, 9.17) is 4.74 Å². The Hall–Kier alpha value is -2.92. The largest absolute Gasteiger partial charge is 0.496 e. The Balaban J connectivity index is 1.65. The van der Waals surface area contributed by atoms with Gasteiger partial charge in [-0.1, -0.05) is 24.3 Å². The molecule has 0 bridgehead atoms. The van der Waals surface area contributed by atoms with Crippen LogP contribution in [-0.2, 0) is 0 Å². The number of carbonyl (C=O) groups excluding carboxylic acids is 1. The number of carbonyl (C=O) groups is 1. The van der Waals surface area contributed by atoms with Crippen LogP contribution in [0.5, 0.6) is 5.75 Å². The van der Waals surface area contributed by atoms with Gasteiger partial charge in [-0.3, -0.25) is 4.79 Å². The average Bonchev–Trinajstić information content (AvgIpc) is 2.77. The Morgan fingerprint density at radius 3 is 2.76 bits per heavy atom. The Kier molecular flexibility index (Phi) is 5.49. The van der Waals surface area contributed by atoms with Crippen LogP contribution in [0.15, 0.2) is 54.6 Å². The molecule has 4 nitrogen and oxygen atoms in total. The van der Waals surface area contributed by atoms with E-state index in [-0.39, 0.29) is 24.2 Å². The van der Waals surface area contributed by atoms with Gasteiger partial charge in [0.25, 0.3) is 5.91 Å². The van der Waals surface area contributed by atoms with E-state index >= 15 is 0 Å². The van der Waals surface area contributed by atoms with Crippen LogP contribution in [0.3, 0.4) is 0 Å². The molecule has 150 valence electrons. The minimum absolute atomic E-state index is 0.00935. The Bertz CT molecular complexity index is 1050. The van der Waals surface area contributed by atoms with Crippen molar-refractivity contribution in [1.82, 2.24) is 4.90 Å². The van der Waals surface area contributed by atoms with E-state index in [0.717, 1.165) is 35.7 Å². The minimum atomic E-state index is -0.334. The molecule has 0 spiro atoms.